The summed E-state index contributed by atoms with van der Waals surface area (Å²) in [5, 5.41) is 0. The van der Waals surface area contributed by atoms with Gasteiger partial charge >= 0.3 is 5.97 Å². The van der Waals surface area contributed by atoms with Crippen molar-refractivity contribution in [1.29, 1.82) is 0 Å². The molecule has 0 aromatic heterocycles. The van der Waals surface area contributed by atoms with Gasteiger partial charge in [0.2, 0.25) is 0 Å². The van der Waals surface area contributed by atoms with E-state index in [9.17, 15) is 9.59 Å². The maximum Gasteiger partial charge on any atom is 0.326 e. The third-order valence-electron chi connectivity index (χ3n) is 8.94. The van der Waals surface area contributed by atoms with Gasteiger partial charge in [-0.1, -0.05) is 109 Å². The number of benzene rings is 4. The second-order valence-electron chi connectivity index (χ2n) is 11.7. The monoisotopic (exact) mass is 642 g/mol. The van der Waals surface area contributed by atoms with Gasteiger partial charge in [-0.15, -0.1) is 0 Å². The Labute approximate surface area is 279 Å². The number of esters is 1. The first kappa shape index (κ1) is 30.2. The van der Waals surface area contributed by atoms with Gasteiger partial charge in [-0.2, -0.15) is 0 Å². The Hall–Kier alpha value is -4.46. The van der Waals surface area contributed by atoms with Crippen molar-refractivity contribution in [3.8, 4) is 0 Å². The van der Waals surface area contributed by atoms with E-state index in [1.54, 1.807) is 6.92 Å². The number of hydrogen-bond acceptors (Lipinski definition) is 6. The van der Waals surface area contributed by atoms with Crippen molar-refractivity contribution in [2.24, 2.45) is 0 Å². The summed E-state index contributed by atoms with van der Waals surface area (Å²) in [5.74, 6) is -0.258. The number of hydrogen-bond donors (Lipinski definition) is 0. The predicted molar refractivity (Wildman–Crippen MR) is 192 cm³/mol. The molecule has 7 rings (SSSR count). The van der Waals surface area contributed by atoms with E-state index in [4.69, 9.17) is 17.0 Å². The zero-order chi connectivity index (χ0) is 31.6. The SMILES string of the molecule is CCOC(=O)CN1C(=O)C(=Cc2ccc3c(c2)C2CCCC2N3c2ccc(C=C(c3ccccc3)c3ccccc3)cc2)SC1=S. The van der Waals surface area contributed by atoms with Crippen LogP contribution >= 0.6 is 24.0 Å². The number of amides is 1. The molecule has 1 amide bonds. The highest BCUT2D eigenvalue weighted by atomic mass is 32.2. The minimum atomic E-state index is -0.457. The second-order valence-corrected chi connectivity index (χ2v) is 13.4. The van der Waals surface area contributed by atoms with Gasteiger partial charge in [0, 0.05) is 23.3 Å². The molecule has 3 aliphatic rings. The molecule has 2 atom stereocenters. The van der Waals surface area contributed by atoms with Crippen molar-refractivity contribution in [2.45, 2.75) is 38.1 Å². The molecule has 2 aliphatic heterocycles. The number of carbonyl (C=O) groups is 2. The van der Waals surface area contributed by atoms with Crippen molar-refractivity contribution >= 4 is 69.3 Å². The van der Waals surface area contributed by atoms with Gasteiger partial charge in [0.1, 0.15) is 10.9 Å². The molecule has 4 aromatic carbocycles. The third kappa shape index (κ3) is 5.93. The summed E-state index contributed by atoms with van der Waals surface area (Å²) in [5.41, 5.74) is 9.47. The number of rotatable bonds is 8. The minimum absolute atomic E-state index is 0.160. The fourth-order valence-corrected chi connectivity index (χ4v) is 8.15. The van der Waals surface area contributed by atoms with E-state index in [2.05, 4.69) is 114 Å². The van der Waals surface area contributed by atoms with Crippen LogP contribution in [0.1, 0.15) is 59.9 Å². The lowest BCUT2D eigenvalue weighted by Gasteiger charge is -2.27. The summed E-state index contributed by atoms with van der Waals surface area (Å²) in [7, 11) is 0. The van der Waals surface area contributed by atoms with Gasteiger partial charge in [-0.3, -0.25) is 14.5 Å². The second kappa shape index (κ2) is 13.1. The van der Waals surface area contributed by atoms with E-state index < -0.39 is 5.97 Å². The fourth-order valence-electron chi connectivity index (χ4n) is 6.89. The van der Waals surface area contributed by atoms with E-state index in [-0.39, 0.29) is 19.1 Å². The van der Waals surface area contributed by atoms with Crippen LogP contribution in [0.15, 0.2) is 108 Å². The van der Waals surface area contributed by atoms with Gasteiger partial charge in [0.05, 0.1) is 11.5 Å². The standard InChI is InChI=1S/C39H34N2O3S2/c1-2-44-37(42)25-40-38(43)36(46-39(40)45)24-27-18-21-35-33(23-27)31-14-9-15-34(31)41(35)30-19-16-26(17-20-30)22-32(28-10-5-3-6-11-28)29-12-7-4-8-13-29/h3-8,10-13,16-24,31,34H,2,9,14-15,25H2,1H3. The van der Waals surface area contributed by atoms with Crippen LogP contribution in [0.3, 0.4) is 0 Å². The number of ether oxygens (including phenoxy) is 1. The molecule has 0 radical (unpaired) electrons. The Morgan fingerprint density at radius 3 is 2.26 bits per heavy atom. The van der Waals surface area contributed by atoms with E-state index in [1.807, 2.05) is 6.08 Å². The Kier molecular flexibility index (Phi) is 8.61. The predicted octanol–water partition coefficient (Wildman–Crippen LogP) is 8.83. The number of nitrogens with zero attached hydrogens (tertiary/aromatic N) is 2. The summed E-state index contributed by atoms with van der Waals surface area (Å²) in [6.07, 6.45) is 7.66. The molecule has 1 saturated heterocycles. The first-order chi connectivity index (χ1) is 22.5. The van der Waals surface area contributed by atoms with Crippen LogP contribution in [0.4, 0.5) is 11.4 Å². The molecule has 4 aromatic rings. The zero-order valence-electron chi connectivity index (χ0n) is 25.6. The molecule has 2 unspecified atom stereocenters. The first-order valence-corrected chi connectivity index (χ1v) is 17.0. The van der Waals surface area contributed by atoms with Gasteiger partial charge in [0.15, 0.2) is 0 Å². The quantitative estimate of drug-likeness (QED) is 0.0829. The van der Waals surface area contributed by atoms with E-state index in [0.717, 1.165) is 24.0 Å². The Morgan fingerprint density at radius 1 is 0.913 bits per heavy atom. The molecule has 5 nitrogen and oxygen atoms in total. The molecule has 0 bridgehead atoms. The lowest BCUT2D eigenvalue weighted by atomic mass is 9.95. The molecule has 0 spiro atoms. The lowest BCUT2D eigenvalue weighted by molar-refractivity contribution is -0.145. The van der Waals surface area contributed by atoms with Crippen LogP contribution in [-0.2, 0) is 14.3 Å². The smallest absolute Gasteiger partial charge is 0.326 e. The first-order valence-electron chi connectivity index (χ1n) is 15.8. The van der Waals surface area contributed by atoms with Crippen molar-refractivity contribution < 1.29 is 14.3 Å². The van der Waals surface area contributed by atoms with Crippen molar-refractivity contribution in [3.63, 3.8) is 0 Å². The average molecular weight is 643 g/mol. The fraction of sp³-hybridized carbons (Fsp3) is 0.205. The maximum absolute atomic E-state index is 13.1. The van der Waals surface area contributed by atoms with Crippen LogP contribution in [-0.4, -0.2) is 40.3 Å². The van der Waals surface area contributed by atoms with Gasteiger partial charge < -0.3 is 9.64 Å². The maximum atomic E-state index is 13.1. The summed E-state index contributed by atoms with van der Waals surface area (Å²) >= 11 is 6.65. The molecule has 2 heterocycles. The molecule has 0 N–H and O–H groups in total. The highest BCUT2D eigenvalue weighted by molar-refractivity contribution is 8.26. The summed E-state index contributed by atoms with van der Waals surface area (Å²) < 4.78 is 5.40. The summed E-state index contributed by atoms with van der Waals surface area (Å²) in [6.45, 7) is 1.85. The third-order valence-corrected chi connectivity index (χ3v) is 10.3. The van der Waals surface area contributed by atoms with Crippen molar-refractivity contribution in [2.75, 3.05) is 18.1 Å². The highest BCUT2D eigenvalue weighted by Crippen LogP contribution is 2.52. The zero-order valence-corrected chi connectivity index (χ0v) is 27.2. The number of thioether (sulfide) groups is 1. The molecule has 230 valence electrons. The van der Waals surface area contributed by atoms with E-state index in [1.165, 1.54) is 56.7 Å². The van der Waals surface area contributed by atoms with Gasteiger partial charge in [0.25, 0.3) is 5.91 Å². The Balaban J connectivity index is 1.16. The van der Waals surface area contributed by atoms with Crippen LogP contribution in [0.25, 0.3) is 17.7 Å². The van der Waals surface area contributed by atoms with Crippen LogP contribution in [0, 0.1) is 0 Å². The topological polar surface area (TPSA) is 49.9 Å². The Bertz CT molecular complexity index is 1810. The van der Waals surface area contributed by atoms with Gasteiger partial charge in [-0.05, 0) is 89.6 Å². The molecular weight excluding hydrogens is 609 g/mol. The van der Waals surface area contributed by atoms with E-state index in [0.29, 0.717) is 21.2 Å². The van der Waals surface area contributed by atoms with Gasteiger partial charge in [-0.25, -0.2) is 0 Å². The van der Waals surface area contributed by atoms with Crippen molar-refractivity contribution in [3.05, 3.63) is 136 Å². The van der Waals surface area contributed by atoms with Crippen molar-refractivity contribution in [1.82, 2.24) is 4.90 Å². The van der Waals surface area contributed by atoms with Crippen LogP contribution in [0.2, 0.25) is 0 Å². The highest BCUT2D eigenvalue weighted by Gasteiger charge is 2.42. The molecule has 2 fully saturated rings. The molecular formula is C39H34N2O3S2. The van der Waals surface area contributed by atoms with Crippen LogP contribution in [0.5, 0.6) is 0 Å². The normalized spacial score (nSPS) is 19.4. The lowest BCUT2D eigenvalue weighted by Crippen LogP contribution is -2.34. The number of anilines is 2. The summed E-state index contributed by atoms with van der Waals surface area (Å²) in [4.78, 5) is 29.5. The van der Waals surface area contributed by atoms with Crippen LogP contribution < -0.4 is 4.90 Å². The number of thiocarbonyl (C=S) groups is 1. The minimum Gasteiger partial charge on any atom is -0.465 e. The summed E-state index contributed by atoms with van der Waals surface area (Å²) in [6, 6.07) is 36.9. The number of fused-ring (bicyclic) bond motifs is 3. The molecule has 7 heteroatoms. The molecule has 1 aliphatic carbocycles. The number of carbonyl (C=O) groups excluding carboxylic acids is 2. The molecule has 1 saturated carbocycles. The Morgan fingerprint density at radius 2 is 1.59 bits per heavy atom. The molecule has 46 heavy (non-hydrogen) atoms. The van der Waals surface area contributed by atoms with E-state index >= 15 is 0 Å². The largest absolute Gasteiger partial charge is 0.465 e. The average Bonchev–Trinajstić information content (AvgIpc) is 3.75.